The number of ether oxygens (including phenoxy) is 1. The van der Waals surface area contributed by atoms with Gasteiger partial charge in [0.25, 0.3) is 0 Å². The minimum atomic E-state index is 0.00538. The quantitative estimate of drug-likeness (QED) is 0.807. The van der Waals surface area contributed by atoms with E-state index in [9.17, 15) is 5.11 Å². The summed E-state index contributed by atoms with van der Waals surface area (Å²) in [6, 6.07) is 5.81. The van der Waals surface area contributed by atoms with E-state index in [1.807, 2.05) is 24.3 Å². The van der Waals surface area contributed by atoms with E-state index >= 15 is 0 Å². The first-order valence-corrected chi connectivity index (χ1v) is 6.36. The van der Waals surface area contributed by atoms with E-state index in [1.165, 1.54) is 0 Å². The summed E-state index contributed by atoms with van der Waals surface area (Å²) < 4.78 is 5.61. The van der Waals surface area contributed by atoms with Gasteiger partial charge in [-0.1, -0.05) is 35.3 Å². The highest BCUT2D eigenvalue weighted by Crippen LogP contribution is 2.21. The topological polar surface area (TPSA) is 29.5 Å². The van der Waals surface area contributed by atoms with Crippen molar-refractivity contribution >= 4 is 22.0 Å². The lowest BCUT2D eigenvalue weighted by Crippen LogP contribution is -2.00. The average Bonchev–Trinajstić information content (AvgIpc) is 2.31. The Balaban J connectivity index is 2.76. The Kier molecular flexibility index (Phi) is 6.19. The summed E-state index contributed by atoms with van der Waals surface area (Å²) in [4.78, 5) is 1.79. The molecule has 0 saturated carbocycles. The number of hydrogen-bond donors (Lipinski definition) is 1. The number of rotatable bonds is 6. The molecule has 0 spiro atoms. The van der Waals surface area contributed by atoms with Crippen LogP contribution in [0.15, 0.2) is 23.2 Å². The summed E-state index contributed by atoms with van der Waals surface area (Å²) in [6.45, 7) is 2.84. The molecule has 0 aliphatic heterocycles. The number of benzene rings is 1. The van der Waals surface area contributed by atoms with Crippen LogP contribution in [-0.4, -0.2) is 11.7 Å². The predicted molar refractivity (Wildman–Crippen MR) is 70.7 cm³/mol. The van der Waals surface area contributed by atoms with Gasteiger partial charge in [-0.25, -0.2) is 0 Å². The molecule has 1 rings (SSSR count). The van der Waals surface area contributed by atoms with E-state index in [0.29, 0.717) is 6.61 Å². The van der Waals surface area contributed by atoms with Crippen LogP contribution in [0.25, 0.3) is 6.08 Å². The van der Waals surface area contributed by atoms with E-state index in [-0.39, 0.29) is 6.61 Å². The Hall–Kier alpha value is -0.800. The summed E-state index contributed by atoms with van der Waals surface area (Å²) in [7, 11) is 0. The smallest absolute Gasteiger partial charge is 0.124 e. The molecule has 0 saturated heterocycles. The molecule has 2 nitrogen and oxygen atoms in total. The third-order valence-electron chi connectivity index (χ3n) is 2.27. The minimum Gasteiger partial charge on any atom is -0.493 e. The second-order valence-electron chi connectivity index (χ2n) is 3.52. The maximum Gasteiger partial charge on any atom is 0.124 e. The average molecular weight is 285 g/mol. The molecule has 16 heavy (non-hydrogen) atoms. The Labute approximate surface area is 105 Å². The zero-order chi connectivity index (χ0) is 11.8. The molecule has 0 amide bonds. The van der Waals surface area contributed by atoms with Gasteiger partial charge in [0.15, 0.2) is 0 Å². The largest absolute Gasteiger partial charge is 0.493 e. The highest BCUT2D eigenvalue weighted by molar-refractivity contribution is 9.11. The van der Waals surface area contributed by atoms with E-state index in [1.54, 1.807) is 4.99 Å². The Morgan fingerprint density at radius 2 is 2.25 bits per heavy atom. The fourth-order valence-corrected chi connectivity index (χ4v) is 1.67. The second-order valence-corrected chi connectivity index (χ2v) is 4.05. The molecular formula is C13H17BrO2. The molecule has 0 atom stereocenters. The van der Waals surface area contributed by atoms with Crippen LogP contribution < -0.4 is 4.74 Å². The molecule has 3 heteroatoms. The van der Waals surface area contributed by atoms with Gasteiger partial charge in [-0.15, -0.1) is 0 Å². The lowest BCUT2D eigenvalue weighted by atomic mass is 10.1. The molecule has 88 valence electrons. The van der Waals surface area contributed by atoms with Crippen molar-refractivity contribution in [2.45, 2.75) is 26.4 Å². The highest BCUT2D eigenvalue weighted by Gasteiger charge is 2.03. The van der Waals surface area contributed by atoms with Crippen LogP contribution in [0, 0.1) is 0 Å². The van der Waals surface area contributed by atoms with E-state index in [2.05, 4.69) is 22.9 Å². The minimum absolute atomic E-state index is 0.00538. The zero-order valence-corrected chi connectivity index (χ0v) is 11.0. The van der Waals surface area contributed by atoms with Crippen molar-refractivity contribution in [2.24, 2.45) is 0 Å². The molecule has 1 aromatic rings. The summed E-state index contributed by atoms with van der Waals surface area (Å²) in [5.41, 5.74) is 1.88. The predicted octanol–water partition coefficient (Wildman–Crippen LogP) is 3.72. The number of halogens is 1. The van der Waals surface area contributed by atoms with Crippen LogP contribution in [0.5, 0.6) is 5.75 Å². The molecule has 0 unspecified atom stereocenters. The molecule has 0 aliphatic rings. The number of hydrogen-bond acceptors (Lipinski definition) is 2. The number of unbranched alkanes of at least 4 members (excludes halogenated alkanes) is 1. The molecule has 1 aromatic carbocycles. The van der Waals surface area contributed by atoms with Gasteiger partial charge in [0, 0.05) is 5.56 Å². The lowest BCUT2D eigenvalue weighted by molar-refractivity contribution is 0.261. The van der Waals surface area contributed by atoms with Crippen LogP contribution in [-0.2, 0) is 6.61 Å². The first-order valence-electron chi connectivity index (χ1n) is 5.45. The van der Waals surface area contributed by atoms with Crippen LogP contribution in [0.2, 0.25) is 0 Å². The van der Waals surface area contributed by atoms with E-state index < -0.39 is 0 Å². The van der Waals surface area contributed by atoms with Gasteiger partial charge in [-0.2, -0.15) is 0 Å². The summed E-state index contributed by atoms with van der Waals surface area (Å²) >= 11 is 3.23. The monoisotopic (exact) mass is 284 g/mol. The molecule has 0 aromatic heterocycles. The molecule has 0 bridgehead atoms. The normalized spacial score (nSPS) is 10.9. The SMILES string of the molecule is CCCCOc1ccc(/C=C/Br)cc1CO. The van der Waals surface area contributed by atoms with Crippen LogP contribution in [0.3, 0.4) is 0 Å². The standard InChI is InChI=1S/C13H17BrO2/c1-2-3-8-16-13-5-4-11(6-7-14)9-12(13)10-15/h4-7,9,15H,2-3,8,10H2,1H3/b7-6+. The summed E-state index contributed by atoms with van der Waals surface area (Å²) in [5, 5.41) is 9.25. The Bertz CT molecular complexity index is 348. The van der Waals surface area contributed by atoms with Crippen LogP contribution in [0.1, 0.15) is 30.9 Å². The maximum absolute atomic E-state index is 9.25. The molecule has 0 fully saturated rings. The number of aliphatic hydroxyl groups excluding tert-OH is 1. The first kappa shape index (κ1) is 13.3. The lowest BCUT2D eigenvalue weighted by Gasteiger charge is -2.10. The first-order chi connectivity index (χ1) is 7.81. The van der Waals surface area contributed by atoms with Gasteiger partial charge in [0.2, 0.25) is 0 Å². The van der Waals surface area contributed by atoms with Crippen molar-refractivity contribution in [1.29, 1.82) is 0 Å². The van der Waals surface area contributed by atoms with Gasteiger partial charge < -0.3 is 9.84 Å². The highest BCUT2D eigenvalue weighted by atomic mass is 79.9. The van der Waals surface area contributed by atoms with Crippen molar-refractivity contribution in [2.75, 3.05) is 6.61 Å². The van der Waals surface area contributed by atoms with Gasteiger partial charge in [0.05, 0.1) is 13.2 Å². The van der Waals surface area contributed by atoms with Crippen LogP contribution in [0.4, 0.5) is 0 Å². The van der Waals surface area contributed by atoms with Crippen molar-refractivity contribution in [3.8, 4) is 5.75 Å². The maximum atomic E-state index is 9.25. The van der Waals surface area contributed by atoms with Gasteiger partial charge >= 0.3 is 0 Å². The van der Waals surface area contributed by atoms with E-state index in [4.69, 9.17) is 4.74 Å². The van der Waals surface area contributed by atoms with E-state index in [0.717, 1.165) is 29.7 Å². The van der Waals surface area contributed by atoms with Gasteiger partial charge in [-0.3, -0.25) is 0 Å². The summed E-state index contributed by atoms with van der Waals surface area (Å²) in [5.74, 6) is 0.780. The van der Waals surface area contributed by atoms with Gasteiger partial charge in [-0.05, 0) is 35.2 Å². The zero-order valence-electron chi connectivity index (χ0n) is 9.45. The summed E-state index contributed by atoms with van der Waals surface area (Å²) in [6.07, 6.45) is 4.07. The molecule has 0 aliphatic carbocycles. The molecule has 1 N–H and O–H groups in total. The van der Waals surface area contributed by atoms with Crippen molar-refractivity contribution < 1.29 is 9.84 Å². The third-order valence-corrected chi connectivity index (χ3v) is 2.53. The van der Waals surface area contributed by atoms with Crippen molar-refractivity contribution in [3.05, 3.63) is 34.3 Å². The molecule has 0 heterocycles. The molecular weight excluding hydrogens is 268 g/mol. The second kappa shape index (κ2) is 7.47. The van der Waals surface area contributed by atoms with Crippen molar-refractivity contribution in [1.82, 2.24) is 0 Å². The molecule has 0 radical (unpaired) electrons. The van der Waals surface area contributed by atoms with Crippen molar-refractivity contribution in [3.63, 3.8) is 0 Å². The Morgan fingerprint density at radius 1 is 1.44 bits per heavy atom. The third kappa shape index (κ3) is 3.99. The fourth-order valence-electron chi connectivity index (χ4n) is 1.37. The van der Waals surface area contributed by atoms with Gasteiger partial charge in [0.1, 0.15) is 5.75 Å². The fraction of sp³-hybridized carbons (Fsp3) is 0.385. The Morgan fingerprint density at radius 3 is 2.88 bits per heavy atom. The van der Waals surface area contributed by atoms with Crippen LogP contribution >= 0.6 is 15.9 Å². The number of aliphatic hydroxyl groups is 1.